The van der Waals surface area contributed by atoms with Crippen LogP contribution in [0.2, 0.25) is 0 Å². The number of alkyl halides is 2. The van der Waals surface area contributed by atoms with Crippen LogP contribution in [0.4, 0.5) is 0 Å². The molecule has 0 saturated heterocycles. The summed E-state index contributed by atoms with van der Waals surface area (Å²) in [5.41, 5.74) is 9.76. The summed E-state index contributed by atoms with van der Waals surface area (Å²) >= 11 is 10.7. The van der Waals surface area contributed by atoms with Crippen molar-refractivity contribution in [2.24, 2.45) is 11.0 Å². The molecule has 0 rings (SSSR count). The fourth-order valence-electron chi connectivity index (χ4n) is 0.331. The van der Waals surface area contributed by atoms with E-state index >= 15 is 0 Å². The lowest BCUT2D eigenvalue weighted by molar-refractivity contribution is 0.250. The van der Waals surface area contributed by atoms with Crippen LogP contribution in [-0.4, -0.2) is 17.9 Å². The average Bonchev–Trinajstić information content (AvgIpc) is 1.81. The van der Waals surface area contributed by atoms with Gasteiger partial charge in [0.2, 0.25) is 0 Å². The Kier molecular flexibility index (Phi) is 4.86. The number of hydrogen-bond acceptors (Lipinski definition) is 2. The van der Waals surface area contributed by atoms with Crippen molar-refractivity contribution in [3.05, 3.63) is 0 Å². The first-order chi connectivity index (χ1) is 4.49. The maximum atomic E-state index is 10.6. The Morgan fingerprint density at radius 1 is 1.40 bits per heavy atom. The topological polar surface area (TPSA) is 78.3 Å². The van der Waals surface area contributed by atoms with E-state index in [-0.39, 0.29) is 11.8 Å². The Labute approximate surface area is 69.4 Å². The SMILES string of the molecule is NP(N)(=O)OC(CCl)CCl. The number of nitrogens with two attached hydrogens (primary N) is 2. The number of hydrogen-bond donors (Lipinski definition) is 2. The fraction of sp³-hybridized carbons (Fsp3) is 1.00. The monoisotopic (exact) mass is 206 g/mol. The average molecular weight is 207 g/mol. The summed E-state index contributed by atoms with van der Waals surface area (Å²) < 4.78 is 15.1. The Morgan fingerprint density at radius 3 is 1.90 bits per heavy atom. The molecule has 4 nitrogen and oxygen atoms in total. The first kappa shape index (κ1) is 10.7. The maximum Gasteiger partial charge on any atom is 0.335 e. The van der Waals surface area contributed by atoms with Crippen molar-refractivity contribution in [3.63, 3.8) is 0 Å². The van der Waals surface area contributed by atoms with Gasteiger partial charge in [0.25, 0.3) is 0 Å². The lowest BCUT2D eigenvalue weighted by Gasteiger charge is -2.13. The molecule has 0 aliphatic carbocycles. The van der Waals surface area contributed by atoms with E-state index < -0.39 is 13.8 Å². The quantitative estimate of drug-likeness (QED) is 0.529. The third-order valence-corrected chi connectivity index (χ3v) is 1.97. The molecule has 0 aliphatic heterocycles. The van der Waals surface area contributed by atoms with Gasteiger partial charge in [0.15, 0.2) is 0 Å². The van der Waals surface area contributed by atoms with Crippen LogP contribution in [0.25, 0.3) is 0 Å². The van der Waals surface area contributed by atoms with Crippen LogP contribution in [0.15, 0.2) is 0 Å². The zero-order valence-electron chi connectivity index (χ0n) is 5.17. The molecule has 0 unspecified atom stereocenters. The van der Waals surface area contributed by atoms with Gasteiger partial charge in [-0.15, -0.1) is 23.2 Å². The van der Waals surface area contributed by atoms with E-state index in [2.05, 4.69) is 4.52 Å². The zero-order valence-corrected chi connectivity index (χ0v) is 7.57. The summed E-state index contributed by atoms with van der Waals surface area (Å²) in [6.45, 7) is 0. The minimum absolute atomic E-state index is 0.127. The lowest BCUT2D eigenvalue weighted by Crippen LogP contribution is -2.20. The van der Waals surface area contributed by atoms with Gasteiger partial charge in [-0.2, -0.15) is 0 Å². The van der Waals surface area contributed by atoms with Gasteiger partial charge in [0.05, 0.1) is 17.9 Å². The largest absolute Gasteiger partial charge is 0.335 e. The van der Waals surface area contributed by atoms with Gasteiger partial charge in [-0.05, 0) is 0 Å². The Hall–Kier alpha value is 0.690. The van der Waals surface area contributed by atoms with Crippen LogP contribution in [0.1, 0.15) is 0 Å². The second-order valence-corrected chi connectivity index (χ2v) is 3.80. The van der Waals surface area contributed by atoms with Crippen molar-refractivity contribution in [3.8, 4) is 0 Å². The predicted molar refractivity (Wildman–Crippen MR) is 42.3 cm³/mol. The van der Waals surface area contributed by atoms with E-state index in [0.717, 1.165) is 0 Å². The van der Waals surface area contributed by atoms with E-state index in [1.54, 1.807) is 0 Å². The number of halogens is 2. The van der Waals surface area contributed by atoms with Gasteiger partial charge >= 0.3 is 7.67 Å². The van der Waals surface area contributed by atoms with Crippen LogP contribution in [0, 0.1) is 0 Å². The molecular formula is C3H9Cl2N2O2P. The Morgan fingerprint density at radius 2 is 1.80 bits per heavy atom. The summed E-state index contributed by atoms with van der Waals surface area (Å²) in [5, 5.41) is 0. The highest BCUT2D eigenvalue weighted by Crippen LogP contribution is 2.29. The predicted octanol–water partition coefficient (Wildman–Crippen LogP) is 0.875. The molecule has 0 amide bonds. The lowest BCUT2D eigenvalue weighted by atomic mass is 10.5. The van der Waals surface area contributed by atoms with Gasteiger partial charge in [0.1, 0.15) is 0 Å². The molecular weight excluding hydrogens is 198 g/mol. The van der Waals surface area contributed by atoms with Crippen molar-refractivity contribution in [2.75, 3.05) is 11.8 Å². The summed E-state index contributed by atoms with van der Waals surface area (Å²) in [7, 11) is -3.42. The third kappa shape index (κ3) is 5.47. The fourth-order valence-corrected chi connectivity index (χ4v) is 1.58. The van der Waals surface area contributed by atoms with Gasteiger partial charge < -0.3 is 4.52 Å². The van der Waals surface area contributed by atoms with Gasteiger partial charge in [-0.25, -0.2) is 11.0 Å². The second-order valence-electron chi connectivity index (χ2n) is 1.68. The van der Waals surface area contributed by atoms with Crippen LogP contribution in [-0.2, 0) is 9.09 Å². The minimum Gasteiger partial charge on any atom is -0.301 e. The van der Waals surface area contributed by atoms with Crippen LogP contribution in [0.3, 0.4) is 0 Å². The van der Waals surface area contributed by atoms with Gasteiger partial charge in [0, 0.05) is 0 Å². The molecule has 0 aliphatic rings. The standard InChI is InChI=1S/C3H9Cl2N2O2P/c4-1-3(2-5)9-10(6,7)8/h3H,1-2H2,(H4,6,7,8). The molecule has 0 spiro atoms. The molecule has 4 N–H and O–H groups in total. The maximum absolute atomic E-state index is 10.6. The molecule has 10 heavy (non-hydrogen) atoms. The van der Waals surface area contributed by atoms with Crippen LogP contribution in [0.5, 0.6) is 0 Å². The van der Waals surface area contributed by atoms with Crippen molar-refractivity contribution in [1.29, 1.82) is 0 Å². The van der Waals surface area contributed by atoms with Crippen LogP contribution >= 0.6 is 30.9 Å². The Bertz CT molecular complexity index is 134. The summed E-state index contributed by atoms with van der Waals surface area (Å²) in [6, 6.07) is 0. The van der Waals surface area contributed by atoms with Crippen molar-refractivity contribution < 1.29 is 9.09 Å². The molecule has 0 bridgehead atoms. The number of rotatable bonds is 4. The van der Waals surface area contributed by atoms with E-state index in [9.17, 15) is 4.57 Å². The Balaban J connectivity index is 3.75. The first-order valence-corrected chi connectivity index (χ1v) is 5.30. The van der Waals surface area contributed by atoms with Crippen molar-refractivity contribution in [1.82, 2.24) is 0 Å². The zero-order chi connectivity index (χ0) is 8.20. The summed E-state index contributed by atoms with van der Waals surface area (Å²) in [4.78, 5) is 0. The second kappa shape index (κ2) is 4.54. The van der Waals surface area contributed by atoms with E-state index in [4.69, 9.17) is 34.2 Å². The summed E-state index contributed by atoms with van der Waals surface area (Å²) in [5.74, 6) is 0.254. The van der Waals surface area contributed by atoms with E-state index in [1.807, 2.05) is 0 Å². The highest BCUT2D eigenvalue weighted by molar-refractivity contribution is 7.53. The van der Waals surface area contributed by atoms with Gasteiger partial charge in [-0.3, -0.25) is 4.57 Å². The molecule has 0 saturated carbocycles. The van der Waals surface area contributed by atoms with E-state index in [0.29, 0.717) is 0 Å². The van der Waals surface area contributed by atoms with E-state index in [1.165, 1.54) is 0 Å². The first-order valence-electron chi connectivity index (χ1n) is 2.47. The molecule has 0 heterocycles. The molecule has 0 atom stereocenters. The molecule has 0 aromatic heterocycles. The molecule has 0 aromatic carbocycles. The van der Waals surface area contributed by atoms with Gasteiger partial charge in [-0.1, -0.05) is 0 Å². The molecule has 0 aromatic rings. The van der Waals surface area contributed by atoms with Crippen molar-refractivity contribution in [2.45, 2.75) is 6.10 Å². The van der Waals surface area contributed by atoms with Crippen molar-refractivity contribution >= 4 is 30.9 Å². The molecule has 62 valence electrons. The smallest absolute Gasteiger partial charge is 0.301 e. The normalized spacial score (nSPS) is 12.5. The highest BCUT2D eigenvalue weighted by atomic mass is 35.5. The van der Waals surface area contributed by atoms with Crippen LogP contribution < -0.4 is 11.0 Å². The highest BCUT2D eigenvalue weighted by Gasteiger charge is 2.16. The molecule has 0 fully saturated rings. The third-order valence-electron chi connectivity index (χ3n) is 0.658. The molecule has 0 radical (unpaired) electrons. The molecule has 7 heteroatoms. The summed E-state index contributed by atoms with van der Waals surface area (Å²) in [6.07, 6.45) is -0.538. The minimum atomic E-state index is -3.42.